The summed E-state index contributed by atoms with van der Waals surface area (Å²) in [5, 5.41) is 13.0. The van der Waals surface area contributed by atoms with Crippen LogP contribution in [-0.4, -0.2) is 36.6 Å². The Bertz CT molecular complexity index is 1430. The van der Waals surface area contributed by atoms with Crippen molar-refractivity contribution in [3.8, 4) is 28.5 Å². The number of hydrogen-bond acceptors (Lipinski definition) is 5. The summed E-state index contributed by atoms with van der Waals surface area (Å²) in [6, 6.07) is 13.7. The monoisotopic (exact) mass is 540 g/mol. The van der Waals surface area contributed by atoms with Gasteiger partial charge < -0.3 is 4.42 Å². The summed E-state index contributed by atoms with van der Waals surface area (Å²) in [6.07, 6.45) is -2.94. The average Bonchev–Trinajstić information content (AvgIpc) is 3.38. The number of para-hydroxylation sites is 1. The Labute approximate surface area is 210 Å². The Morgan fingerprint density at radius 1 is 1.06 bits per heavy atom. The predicted octanol–water partition coefficient (Wildman–Crippen LogP) is 6.62. The van der Waals surface area contributed by atoms with Gasteiger partial charge in [0, 0.05) is 16.8 Å². The standard InChI is InChI=1S/C23H17Cl2F3N4O2S/c1-35(33)19-17(20-29-30-21(34-20)22(11-4-12-22)23(26,27)28)31-32(16-6-3-2-5-15(16)25)18(19)13-7-9-14(24)10-8-13/h2-3,5-10H,4,11-12H2,1H3. The summed E-state index contributed by atoms with van der Waals surface area (Å²) in [7, 11) is -1.64. The molecular weight excluding hydrogens is 524 g/mol. The van der Waals surface area contributed by atoms with Crippen LogP contribution in [-0.2, 0) is 16.2 Å². The predicted molar refractivity (Wildman–Crippen MR) is 126 cm³/mol. The van der Waals surface area contributed by atoms with Crippen LogP contribution in [0.5, 0.6) is 0 Å². The molecule has 1 saturated carbocycles. The molecule has 2 heterocycles. The maximum absolute atomic E-state index is 13.8. The fourth-order valence-electron chi connectivity index (χ4n) is 4.14. The second kappa shape index (κ2) is 8.76. The van der Waals surface area contributed by atoms with Crippen LogP contribution in [0, 0.1) is 0 Å². The third kappa shape index (κ3) is 3.97. The summed E-state index contributed by atoms with van der Waals surface area (Å²) >= 11 is 12.5. The number of nitrogens with zero attached hydrogens (tertiary/aromatic N) is 4. The van der Waals surface area contributed by atoms with E-state index in [9.17, 15) is 17.4 Å². The Morgan fingerprint density at radius 2 is 1.74 bits per heavy atom. The van der Waals surface area contributed by atoms with E-state index in [2.05, 4.69) is 15.3 Å². The molecule has 0 bridgehead atoms. The van der Waals surface area contributed by atoms with E-state index in [1.54, 1.807) is 48.5 Å². The molecule has 5 rings (SSSR count). The molecule has 0 saturated heterocycles. The van der Waals surface area contributed by atoms with Crippen LogP contribution in [0.2, 0.25) is 10.0 Å². The van der Waals surface area contributed by atoms with Crippen LogP contribution in [0.1, 0.15) is 25.2 Å². The van der Waals surface area contributed by atoms with Gasteiger partial charge >= 0.3 is 6.18 Å². The minimum absolute atomic E-state index is 0.0195. The van der Waals surface area contributed by atoms with Crippen LogP contribution in [0.25, 0.3) is 28.5 Å². The fourth-order valence-corrected chi connectivity index (χ4v) is 5.35. The van der Waals surface area contributed by atoms with Gasteiger partial charge in [-0.2, -0.15) is 18.3 Å². The Hall–Kier alpha value is -2.69. The molecule has 0 radical (unpaired) electrons. The quantitative estimate of drug-likeness (QED) is 0.284. The van der Waals surface area contributed by atoms with Crippen molar-refractivity contribution in [2.45, 2.75) is 35.7 Å². The van der Waals surface area contributed by atoms with Crippen molar-refractivity contribution in [2.75, 3.05) is 6.26 Å². The molecule has 6 nitrogen and oxygen atoms in total. The van der Waals surface area contributed by atoms with E-state index >= 15 is 0 Å². The second-order valence-corrected chi connectivity index (χ2v) is 10.4. The maximum Gasteiger partial charge on any atom is 0.403 e. The number of halogens is 5. The van der Waals surface area contributed by atoms with E-state index in [1.807, 2.05) is 0 Å². The van der Waals surface area contributed by atoms with E-state index in [0.717, 1.165) is 0 Å². The van der Waals surface area contributed by atoms with Crippen molar-refractivity contribution in [3.63, 3.8) is 0 Å². The Morgan fingerprint density at radius 3 is 2.31 bits per heavy atom. The lowest BCUT2D eigenvalue weighted by Gasteiger charge is -2.39. The first-order valence-electron chi connectivity index (χ1n) is 10.5. The van der Waals surface area contributed by atoms with E-state index in [4.69, 9.17) is 27.6 Å². The SMILES string of the molecule is CS(=O)c1c(-c2nnc(C3(C(F)(F)F)CCC3)o2)nn(-c2ccccc2Cl)c1-c1ccc(Cl)cc1. The van der Waals surface area contributed by atoms with Gasteiger partial charge in [0.05, 0.1) is 32.1 Å². The molecule has 0 amide bonds. The molecule has 1 unspecified atom stereocenters. The lowest BCUT2D eigenvalue weighted by molar-refractivity contribution is -0.219. The Kier molecular flexibility index (Phi) is 6.01. The highest BCUT2D eigenvalue weighted by Crippen LogP contribution is 2.54. The number of hydrogen-bond donors (Lipinski definition) is 0. The van der Waals surface area contributed by atoms with Gasteiger partial charge in [0.2, 0.25) is 5.89 Å². The molecule has 1 aliphatic rings. The number of benzene rings is 2. The first-order chi connectivity index (χ1) is 16.6. The fraction of sp³-hybridized carbons (Fsp3) is 0.261. The van der Waals surface area contributed by atoms with Crippen LogP contribution in [0.3, 0.4) is 0 Å². The largest absolute Gasteiger partial charge is 0.418 e. The Balaban J connectivity index is 1.75. The normalized spacial score (nSPS) is 16.2. The van der Waals surface area contributed by atoms with E-state index in [1.165, 1.54) is 10.9 Å². The zero-order chi connectivity index (χ0) is 25.0. The molecule has 2 aromatic carbocycles. The number of alkyl halides is 3. The molecule has 182 valence electrons. The van der Waals surface area contributed by atoms with E-state index in [0.29, 0.717) is 33.4 Å². The van der Waals surface area contributed by atoms with E-state index < -0.39 is 28.3 Å². The van der Waals surface area contributed by atoms with Gasteiger partial charge in [-0.1, -0.05) is 53.9 Å². The second-order valence-electron chi connectivity index (χ2n) is 8.20. The zero-order valence-corrected chi connectivity index (χ0v) is 20.5. The molecule has 0 aliphatic heterocycles. The van der Waals surface area contributed by atoms with Crippen molar-refractivity contribution in [2.24, 2.45) is 0 Å². The molecule has 12 heteroatoms. The van der Waals surface area contributed by atoms with Crippen LogP contribution < -0.4 is 0 Å². The van der Waals surface area contributed by atoms with Gasteiger partial charge in [0.25, 0.3) is 5.89 Å². The van der Waals surface area contributed by atoms with Crippen molar-refractivity contribution in [3.05, 3.63) is 64.5 Å². The highest BCUT2D eigenvalue weighted by atomic mass is 35.5. The van der Waals surface area contributed by atoms with Crippen molar-refractivity contribution in [1.82, 2.24) is 20.0 Å². The van der Waals surface area contributed by atoms with Crippen molar-refractivity contribution < 1.29 is 21.8 Å². The van der Waals surface area contributed by atoms with E-state index in [-0.39, 0.29) is 29.3 Å². The third-order valence-corrected chi connectivity index (χ3v) is 7.65. The van der Waals surface area contributed by atoms with Crippen molar-refractivity contribution >= 4 is 34.0 Å². The van der Waals surface area contributed by atoms with Gasteiger partial charge in [-0.05, 0) is 37.1 Å². The summed E-state index contributed by atoms with van der Waals surface area (Å²) in [6.45, 7) is 0. The minimum Gasteiger partial charge on any atom is -0.418 e. The minimum atomic E-state index is -4.53. The summed E-state index contributed by atoms with van der Waals surface area (Å²) in [5.74, 6) is -0.763. The number of rotatable bonds is 5. The molecule has 1 aliphatic carbocycles. The summed E-state index contributed by atoms with van der Waals surface area (Å²) in [4.78, 5) is 0.220. The highest BCUT2D eigenvalue weighted by molar-refractivity contribution is 7.84. The van der Waals surface area contributed by atoms with Crippen LogP contribution >= 0.6 is 23.2 Å². The molecule has 0 N–H and O–H groups in total. The lowest BCUT2D eigenvalue weighted by Crippen LogP contribution is -2.48. The van der Waals surface area contributed by atoms with Gasteiger partial charge in [-0.25, -0.2) is 4.68 Å². The summed E-state index contributed by atoms with van der Waals surface area (Å²) < 4.78 is 61.5. The van der Waals surface area contributed by atoms with Gasteiger partial charge in [-0.3, -0.25) is 4.21 Å². The molecule has 1 atom stereocenters. The number of aromatic nitrogens is 4. The van der Waals surface area contributed by atoms with Gasteiger partial charge in [0.15, 0.2) is 5.69 Å². The maximum atomic E-state index is 13.8. The smallest absolute Gasteiger partial charge is 0.403 e. The molecule has 1 fully saturated rings. The molecule has 35 heavy (non-hydrogen) atoms. The highest BCUT2D eigenvalue weighted by Gasteiger charge is 2.63. The lowest BCUT2D eigenvalue weighted by atomic mass is 9.68. The topological polar surface area (TPSA) is 73.8 Å². The zero-order valence-electron chi connectivity index (χ0n) is 18.1. The molecule has 0 spiro atoms. The van der Waals surface area contributed by atoms with Crippen LogP contribution in [0.15, 0.2) is 57.8 Å². The molecule has 2 aromatic heterocycles. The van der Waals surface area contributed by atoms with Crippen LogP contribution in [0.4, 0.5) is 13.2 Å². The third-order valence-electron chi connectivity index (χ3n) is 6.11. The first-order valence-corrected chi connectivity index (χ1v) is 12.8. The van der Waals surface area contributed by atoms with Gasteiger partial charge in [0.1, 0.15) is 5.41 Å². The molecular formula is C23H17Cl2F3N4O2S. The average molecular weight is 541 g/mol. The summed E-state index contributed by atoms with van der Waals surface area (Å²) in [5.41, 5.74) is -0.648. The van der Waals surface area contributed by atoms with Crippen molar-refractivity contribution in [1.29, 1.82) is 0 Å². The first kappa shape index (κ1) is 24.0. The van der Waals surface area contributed by atoms with Gasteiger partial charge in [-0.15, -0.1) is 10.2 Å². The molecule has 4 aromatic rings.